The molecule has 1 fully saturated rings. The first-order valence-electron chi connectivity index (χ1n) is 10.7. The summed E-state index contributed by atoms with van der Waals surface area (Å²) in [6, 6.07) is 8.06. The van der Waals surface area contributed by atoms with Crippen molar-refractivity contribution in [2.45, 2.75) is 51.5 Å². The van der Waals surface area contributed by atoms with Gasteiger partial charge < -0.3 is 15.0 Å². The number of carbonyl (C=O) groups excluding carboxylic acids is 2. The van der Waals surface area contributed by atoms with Gasteiger partial charge in [-0.1, -0.05) is 24.6 Å². The number of ether oxygens (including phenoxy) is 1. The fourth-order valence-corrected chi connectivity index (χ4v) is 4.45. The first-order chi connectivity index (χ1) is 14.6. The van der Waals surface area contributed by atoms with Gasteiger partial charge in [-0.2, -0.15) is 5.10 Å². The summed E-state index contributed by atoms with van der Waals surface area (Å²) in [5.74, 6) is 1.08. The van der Waals surface area contributed by atoms with E-state index < -0.39 is 5.41 Å². The van der Waals surface area contributed by atoms with E-state index in [-0.39, 0.29) is 23.7 Å². The SMILES string of the molecule is C[C@@H]1COc2ccccc2CCCCC2(CCN(C(=O)c3ncn[nH]3)CC2)C(=O)N1. The smallest absolute Gasteiger partial charge is 0.291 e. The second-order valence-corrected chi connectivity index (χ2v) is 8.41. The number of aromatic amines is 1. The molecule has 1 aromatic carbocycles. The second kappa shape index (κ2) is 8.85. The molecule has 4 rings (SSSR count). The molecule has 2 N–H and O–H groups in total. The summed E-state index contributed by atoms with van der Waals surface area (Å²) in [4.78, 5) is 31.6. The van der Waals surface area contributed by atoms with Crippen molar-refractivity contribution in [1.82, 2.24) is 25.4 Å². The minimum atomic E-state index is -0.439. The van der Waals surface area contributed by atoms with Gasteiger partial charge in [-0.15, -0.1) is 0 Å². The standard InChI is InChI=1S/C22H29N5O3/c1-16-14-30-18-8-3-2-6-17(18)7-4-5-9-22(21(29)25-16)10-12-27(13-11-22)20(28)19-23-15-24-26-19/h2-3,6,8,15-16H,4-5,7,9-14H2,1H3,(H,25,29)(H,23,24,26)/t16-/m1/s1. The minimum Gasteiger partial charge on any atom is -0.491 e. The van der Waals surface area contributed by atoms with E-state index in [2.05, 4.69) is 26.6 Å². The highest BCUT2D eigenvalue weighted by Gasteiger charge is 2.42. The van der Waals surface area contributed by atoms with Crippen LogP contribution in [-0.2, 0) is 11.2 Å². The molecule has 3 heterocycles. The van der Waals surface area contributed by atoms with Gasteiger partial charge in [-0.25, -0.2) is 4.98 Å². The number of benzene rings is 1. The number of hydrogen-bond acceptors (Lipinski definition) is 5. The molecule has 0 unspecified atom stereocenters. The van der Waals surface area contributed by atoms with E-state index in [1.807, 2.05) is 25.1 Å². The molecule has 1 spiro atoms. The van der Waals surface area contributed by atoms with Crippen LogP contribution in [0.1, 0.15) is 55.2 Å². The first-order valence-corrected chi connectivity index (χ1v) is 10.7. The lowest BCUT2D eigenvalue weighted by Crippen LogP contribution is -2.52. The highest BCUT2D eigenvalue weighted by Crippen LogP contribution is 2.38. The third kappa shape index (κ3) is 4.32. The number of fused-ring (bicyclic) bond motifs is 1. The Morgan fingerprint density at radius 2 is 2.00 bits per heavy atom. The Balaban J connectivity index is 1.45. The predicted molar refractivity (Wildman–Crippen MR) is 111 cm³/mol. The molecule has 0 aliphatic carbocycles. The number of aromatic nitrogens is 3. The molecule has 2 aliphatic heterocycles. The summed E-state index contributed by atoms with van der Waals surface area (Å²) in [5.41, 5.74) is 0.781. The Hall–Kier alpha value is -2.90. The van der Waals surface area contributed by atoms with Gasteiger partial charge in [0.1, 0.15) is 18.7 Å². The molecule has 8 heteroatoms. The fraction of sp³-hybridized carbons (Fsp3) is 0.545. The number of likely N-dealkylation sites (tertiary alicyclic amines) is 1. The van der Waals surface area contributed by atoms with E-state index in [0.717, 1.165) is 31.4 Å². The summed E-state index contributed by atoms with van der Waals surface area (Å²) in [7, 11) is 0. The van der Waals surface area contributed by atoms with Crippen LogP contribution in [0.3, 0.4) is 0 Å². The molecule has 1 atom stereocenters. The van der Waals surface area contributed by atoms with Gasteiger partial charge in [-0.05, 0) is 50.7 Å². The lowest BCUT2D eigenvalue weighted by atomic mass is 9.73. The van der Waals surface area contributed by atoms with E-state index in [1.165, 1.54) is 11.9 Å². The largest absolute Gasteiger partial charge is 0.491 e. The second-order valence-electron chi connectivity index (χ2n) is 8.41. The number of nitrogens with one attached hydrogen (secondary N) is 2. The van der Waals surface area contributed by atoms with E-state index in [4.69, 9.17) is 4.74 Å². The van der Waals surface area contributed by atoms with Crippen molar-refractivity contribution in [3.8, 4) is 5.75 Å². The van der Waals surface area contributed by atoms with Gasteiger partial charge in [-0.3, -0.25) is 14.7 Å². The highest BCUT2D eigenvalue weighted by molar-refractivity contribution is 5.90. The molecule has 160 valence electrons. The van der Waals surface area contributed by atoms with Crippen molar-refractivity contribution in [3.05, 3.63) is 42.0 Å². The summed E-state index contributed by atoms with van der Waals surface area (Å²) in [6.45, 7) is 3.50. The number of aryl methyl sites for hydroxylation is 1. The number of H-pyrrole nitrogens is 1. The monoisotopic (exact) mass is 411 g/mol. The normalized spacial score (nSPS) is 22.2. The Bertz CT molecular complexity index is 875. The van der Waals surface area contributed by atoms with Crippen LogP contribution in [0.4, 0.5) is 0 Å². The summed E-state index contributed by atoms with van der Waals surface area (Å²) in [5, 5.41) is 9.55. The average molecular weight is 412 g/mol. The fourth-order valence-electron chi connectivity index (χ4n) is 4.45. The molecule has 0 radical (unpaired) electrons. The zero-order valence-electron chi connectivity index (χ0n) is 17.4. The van der Waals surface area contributed by atoms with Crippen molar-refractivity contribution in [2.24, 2.45) is 5.41 Å². The molecule has 2 amide bonds. The Morgan fingerprint density at radius 1 is 1.20 bits per heavy atom. The predicted octanol–water partition coefficient (Wildman–Crippen LogP) is 2.34. The van der Waals surface area contributed by atoms with E-state index >= 15 is 0 Å². The number of nitrogens with zero attached hydrogens (tertiary/aromatic N) is 3. The number of para-hydroxylation sites is 1. The van der Waals surface area contributed by atoms with E-state index in [9.17, 15) is 9.59 Å². The van der Waals surface area contributed by atoms with Gasteiger partial charge in [0.15, 0.2) is 0 Å². The zero-order chi connectivity index (χ0) is 21.0. The summed E-state index contributed by atoms with van der Waals surface area (Å²) >= 11 is 0. The molecular weight excluding hydrogens is 382 g/mol. The molecule has 30 heavy (non-hydrogen) atoms. The Labute approximate surface area is 176 Å². The van der Waals surface area contributed by atoms with E-state index in [1.54, 1.807) is 4.90 Å². The van der Waals surface area contributed by atoms with Crippen LogP contribution in [0.15, 0.2) is 30.6 Å². The maximum Gasteiger partial charge on any atom is 0.291 e. The molecule has 0 bridgehead atoms. The van der Waals surface area contributed by atoms with Crippen molar-refractivity contribution >= 4 is 11.8 Å². The molecule has 8 nitrogen and oxygen atoms in total. The number of rotatable bonds is 1. The number of hydrogen-bond donors (Lipinski definition) is 2. The quantitative estimate of drug-likeness (QED) is 0.750. The van der Waals surface area contributed by atoms with Crippen LogP contribution in [0.2, 0.25) is 0 Å². The van der Waals surface area contributed by atoms with Gasteiger partial charge >= 0.3 is 0 Å². The summed E-state index contributed by atoms with van der Waals surface area (Å²) in [6.07, 6.45) is 6.39. The van der Waals surface area contributed by atoms with Crippen LogP contribution in [0, 0.1) is 5.41 Å². The minimum absolute atomic E-state index is 0.0826. The maximum atomic E-state index is 13.3. The zero-order valence-corrected chi connectivity index (χ0v) is 17.4. The van der Waals surface area contributed by atoms with Crippen LogP contribution in [0.25, 0.3) is 0 Å². The van der Waals surface area contributed by atoms with Gasteiger partial charge in [0.05, 0.1) is 11.5 Å². The Kier molecular flexibility index (Phi) is 6.01. The van der Waals surface area contributed by atoms with Gasteiger partial charge in [0, 0.05) is 13.1 Å². The van der Waals surface area contributed by atoms with Crippen molar-refractivity contribution in [2.75, 3.05) is 19.7 Å². The highest BCUT2D eigenvalue weighted by atomic mass is 16.5. The van der Waals surface area contributed by atoms with Crippen molar-refractivity contribution in [3.63, 3.8) is 0 Å². The van der Waals surface area contributed by atoms with Crippen molar-refractivity contribution < 1.29 is 14.3 Å². The number of amides is 2. The third-order valence-corrected chi connectivity index (χ3v) is 6.30. The molecular formula is C22H29N5O3. The van der Waals surface area contributed by atoms with Crippen LogP contribution >= 0.6 is 0 Å². The lowest BCUT2D eigenvalue weighted by molar-refractivity contribution is -0.135. The molecule has 0 saturated carbocycles. The van der Waals surface area contributed by atoms with Crippen LogP contribution in [-0.4, -0.2) is 57.6 Å². The average Bonchev–Trinajstić information content (AvgIpc) is 3.30. The summed E-state index contributed by atoms with van der Waals surface area (Å²) < 4.78 is 6.00. The van der Waals surface area contributed by atoms with Crippen molar-refractivity contribution in [1.29, 1.82) is 0 Å². The third-order valence-electron chi connectivity index (χ3n) is 6.30. The maximum absolute atomic E-state index is 13.3. The van der Waals surface area contributed by atoms with Gasteiger partial charge in [0.25, 0.3) is 5.91 Å². The molecule has 2 aliphatic rings. The van der Waals surface area contributed by atoms with Crippen LogP contribution < -0.4 is 10.1 Å². The molecule has 1 aromatic heterocycles. The lowest BCUT2D eigenvalue weighted by Gasteiger charge is -2.41. The number of carbonyl (C=O) groups is 2. The van der Waals surface area contributed by atoms with Crippen LogP contribution in [0.5, 0.6) is 5.75 Å². The molecule has 2 aromatic rings. The topological polar surface area (TPSA) is 100 Å². The van der Waals surface area contributed by atoms with E-state index in [0.29, 0.717) is 32.5 Å². The van der Waals surface area contributed by atoms with Gasteiger partial charge in [0.2, 0.25) is 11.7 Å². The Morgan fingerprint density at radius 3 is 2.77 bits per heavy atom. The number of piperidine rings is 1. The first kappa shape index (κ1) is 20.4. The molecule has 1 saturated heterocycles.